The van der Waals surface area contributed by atoms with Crippen LogP contribution in [0.15, 0.2) is 18.2 Å². The standard InChI is InChI=1S/C15H25NO2/c1-11(2)7-8-16-10-14(17)13-9-12(3)5-6-15(13)18-4/h5-6,9,11,14,16-17H,7-8,10H2,1-4H3. The summed E-state index contributed by atoms with van der Waals surface area (Å²) >= 11 is 0. The van der Waals surface area contributed by atoms with E-state index >= 15 is 0 Å². The van der Waals surface area contributed by atoms with Crippen molar-refractivity contribution in [3.05, 3.63) is 29.3 Å². The number of rotatable bonds is 7. The minimum Gasteiger partial charge on any atom is -0.496 e. The molecule has 1 unspecified atom stereocenters. The van der Waals surface area contributed by atoms with Crippen LogP contribution >= 0.6 is 0 Å². The molecule has 18 heavy (non-hydrogen) atoms. The third-order valence-electron chi connectivity index (χ3n) is 2.98. The summed E-state index contributed by atoms with van der Waals surface area (Å²) in [6.45, 7) is 7.90. The van der Waals surface area contributed by atoms with E-state index in [0.29, 0.717) is 12.5 Å². The van der Waals surface area contributed by atoms with E-state index in [1.54, 1.807) is 7.11 Å². The molecule has 1 rings (SSSR count). The number of aryl methyl sites for hydroxylation is 1. The van der Waals surface area contributed by atoms with Crippen molar-refractivity contribution in [3.8, 4) is 5.75 Å². The summed E-state index contributed by atoms with van der Waals surface area (Å²) in [7, 11) is 1.63. The van der Waals surface area contributed by atoms with Gasteiger partial charge in [0.2, 0.25) is 0 Å². The van der Waals surface area contributed by atoms with Crippen molar-refractivity contribution in [1.29, 1.82) is 0 Å². The molecular weight excluding hydrogens is 226 g/mol. The van der Waals surface area contributed by atoms with Crippen molar-refractivity contribution in [2.75, 3.05) is 20.2 Å². The van der Waals surface area contributed by atoms with Gasteiger partial charge in [-0.2, -0.15) is 0 Å². The number of benzene rings is 1. The molecule has 3 nitrogen and oxygen atoms in total. The lowest BCUT2D eigenvalue weighted by Crippen LogP contribution is -2.23. The van der Waals surface area contributed by atoms with E-state index in [1.807, 2.05) is 25.1 Å². The molecule has 1 aromatic carbocycles. The number of hydrogen-bond donors (Lipinski definition) is 2. The average Bonchev–Trinajstić information content (AvgIpc) is 2.34. The predicted octanol–water partition coefficient (Wildman–Crippen LogP) is 2.67. The molecule has 0 heterocycles. The zero-order valence-electron chi connectivity index (χ0n) is 11.9. The van der Waals surface area contributed by atoms with E-state index in [9.17, 15) is 5.11 Å². The molecule has 0 bridgehead atoms. The highest BCUT2D eigenvalue weighted by Gasteiger charge is 2.12. The van der Waals surface area contributed by atoms with Gasteiger partial charge in [-0.1, -0.05) is 25.5 Å². The molecule has 0 aromatic heterocycles. The van der Waals surface area contributed by atoms with E-state index in [4.69, 9.17) is 4.74 Å². The first kappa shape index (κ1) is 15.0. The van der Waals surface area contributed by atoms with Gasteiger partial charge in [-0.25, -0.2) is 0 Å². The molecule has 102 valence electrons. The van der Waals surface area contributed by atoms with Crippen LogP contribution in [0.4, 0.5) is 0 Å². The Morgan fingerprint density at radius 3 is 2.67 bits per heavy atom. The Balaban J connectivity index is 2.55. The summed E-state index contributed by atoms with van der Waals surface area (Å²) in [5.41, 5.74) is 1.99. The zero-order valence-corrected chi connectivity index (χ0v) is 11.9. The van der Waals surface area contributed by atoms with Crippen LogP contribution in [0.2, 0.25) is 0 Å². The fourth-order valence-corrected chi connectivity index (χ4v) is 1.85. The van der Waals surface area contributed by atoms with Crippen molar-refractivity contribution in [3.63, 3.8) is 0 Å². The van der Waals surface area contributed by atoms with Crippen LogP contribution < -0.4 is 10.1 Å². The van der Waals surface area contributed by atoms with Crippen LogP contribution in [0.1, 0.15) is 37.5 Å². The molecule has 0 saturated carbocycles. The average molecular weight is 251 g/mol. The van der Waals surface area contributed by atoms with Crippen LogP contribution in [-0.4, -0.2) is 25.3 Å². The normalized spacial score (nSPS) is 12.8. The Labute approximate surface area is 110 Å². The van der Waals surface area contributed by atoms with Crippen LogP contribution in [0, 0.1) is 12.8 Å². The maximum Gasteiger partial charge on any atom is 0.124 e. The van der Waals surface area contributed by atoms with Gasteiger partial charge in [0.25, 0.3) is 0 Å². The van der Waals surface area contributed by atoms with E-state index in [1.165, 1.54) is 0 Å². The second-order valence-corrected chi connectivity index (χ2v) is 5.15. The van der Waals surface area contributed by atoms with E-state index in [-0.39, 0.29) is 0 Å². The minimum absolute atomic E-state index is 0.521. The Morgan fingerprint density at radius 1 is 1.33 bits per heavy atom. The number of aliphatic hydroxyl groups is 1. The number of nitrogens with one attached hydrogen (secondary N) is 1. The predicted molar refractivity (Wildman–Crippen MR) is 75.0 cm³/mol. The van der Waals surface area contributed by atoms with Crippen molar-refractivity contribution in [1.82, 2.24) is 5.32 Å². The third kappa shape index (κ3) is 4.67. The molecule has 1 atom stereocenters. The molecule has 0 aliphatic carbocycles. The largest absolute Gasteiger partial charge is 0.496 e. The lowest BCUT2D eigenvalue weighted by atomic mass is 10.0. The van der Waals surface area contributed by atoms with Crippen LogP contribution in [0.3, 0.4) is 0 Å². The lowest BCUT2D eigenvalue weighted by Gasteiger charge is -2.16. The summed E-state index contributed by atoms with van der Waals surface area (Å²) in [6, 6.07) is 5.87. The van der Waals surface area contributed by atoms with Gasteiger partial charge in [-0.15, -0.1) is 0 Å². The Hall–Kier alpha value is -1.06. The molecule has 0 radical (unpaired) electrons. The molecule has 2 N–H and O–H groups in total. The minimum atomic E-state index is -0.521. The molecule has 0 aliphatic heterocycles. The van der Waals surface area contributed by atoms with Gasteiger partial charge in [0, 0.05) is 12.1 Å². The molecule has 3 heteroatoms. The molecule has 1 aromatic rings. The molecule has 0 aliphatic rings. The highest BCUT2D eigenvalue weighted by molar-refractivity contribution is 5.38. The van der Waals surface area contributed by atoms with Crippen molar-refractivity contribution in [2.24, 2.45) is 5.92 Å². The van der Waals surface area contributed by atoms with Crippen molar-refractivity contribution < 1.29 is 9.84 Å². The number of ether oxygens (including phenoxy) is 1. The molecular formula is C15H25NO2. The fourth-order valence-electron chi connectivity index (χ4n) is 1.85. The Kier molecular flexibility index (Phi) is 6.16. The summed E-state index contributed by atoms with van der Waals surface area (Å²) in [6.07, 6.45) is 0.601. The van der Waals surface area contributed by atoms with Gasteiger partial charge in [-0.05, 0) is 37.9 Å². The molecule has 0 amide bonds. The van der Waals surface area contributed by atoms with Gasteiger partial charge >= 0.3 is 0 Å². The molecule has 0 fully saturated rings. The second-order valence-electron chi connectivity index (χ2n) is 5.15. The smallest absolute Gasteiger partial charge is 0.124 e. The Bertz CT molecular complexity index is 364. The first-order valence-corrected chi connectivity index (χ1v) is 6.58. The van der Waals surface area contributed by atoms with Crippen LogP contribution in [0.5, 0.6) is 5.75 Å². The van der Waals surface area contributed by atoms with Gasteiger partial charge < -0.3 is 15.2 Å². The zero-order chi connectivity index (χ0) is 13.5. The summed E-state index contributed by atoms with van der Waals surface area (Å²) in [5, 5.41) is 13.5. The van der Waals surface area contributed by atoms with Crippen molar-refractivity contribution >= 4 is 0 Å². The number of aliphatic hydroxyl groups excluding tert-OH is 1. The van der Waals surface area contributed by atoms with Gasteiger partial charge in [0.15, 0.2) is 0 Å². The molecule has 0 spiro atoms. The summed E-state index contributed by atoms with van der Waals surface area (Å²) in [5.74, 6) is 1.43. The maximum atomic E-state index is 10.2. The lowest BCUT2D eigenvalue weighted by molar-refractivity contribution is 0.170. The topological polar surface area (TPSA) is 41.5 Å². The highest BCUT2D eigenvalue weighted by atomic mass is 16.5. The Morgan fingerprint density at radius 2 is 2.06 bits per heavy atom. The number of hydrogen-bond acceptors (Lipinski definition) is 3. The van der Waals surface area contributed by atoms with Gasteiger partial charge in [0.05, 0.1) is 13.2 Å². The van der Waals surface area contributed by atoms with Crippen molar-refractivity contribution in [2.45, 2.75) is 33.3 Å². The number of methoxy groups -OCH3 is 1. The SMILES string of the molecule is COc1ccc(C)cc1C(O)CNCCC(C)C. The highest BCUT2D eigenvalue weighted by Crippen LogP contribution is 2.25. The quantitative estimate of drug-likeness (QED) is 0.732. The molecule has 0 saturated heterocycles. The van der Waals surface area contributed by atoms with E-state index in [0.717, 1.165) is 29.8 Å². The summed E-state index contributed by atoms with van der Waals surface area (Å²) in [4.78, 5) is 0. The van der Waals surface area contributed by atoms with E-state index < -0.39 is 6.10 Å². The van der Waals surface area contributed by atoms with Gasteiger partial charge in [-0.3, -0.25) is 0 Å². The summed E-state index contributed by atoms with van der Waals surface area (Å²) < 4.78 is 5.28. The first-order valence-electron chi connectivity index (χ1n) is 6.58. The third-order valence-corrected chi connectivity index (χ3v) is 2.98. The van der Waals surface area contributed by atoms with Crippen LogP contribution in [0.25, 0.3) is 0 Å². The van der Waals surface area contributed by atoms with Gasteiger partial charge in [0.1, 0.15) is 5.75 Å². The first-order chi connectivity index (χ1) is 8.54. The second kappa shape index (κ2) is 7.39. The van der Waals surface area contributed by atoms with E-state index in [2.05, 4.69) is 19.2 Å². The van der Waals surface area contributed by atoms with Crippen LogP contribution in [-0.2, 0) is 0 Å². The fraction of sp³-hybridized carbons (Fsp3) is 0.600. The monoisotopic (exact) mass is 251 g/mol. The maximum absolute atomic E-state index is 10.2.